The maximum absolute atomic E-state index is 6.90. The van der Waals surface area contributed by atoms with Crippen LogP contribution < -0.4 is 0 Å². The van der Waals surface area contributed by atoms with E-state index in [1.807, 2.05) is 18.2 Å². The topological polar surface area (TPSA) is 56.7 Å². The van der Waals surface area contributed by atoms with Gasteiger partial charge in [-0.25, -0.2) is 15.0 Å². The summed E-state index contributed by atoms with van der Waals surface area (Å²) in [6.07, 6.45) is 0. The van der Waals surface area contributed by atoms with Gasteiger partial charge in [-0.05, 0) is 69.1 Å². The number of hydrogen-bond donors (Lipinski definition) is 0. The molecule has 5 heteroatoms. The second-order valence-electron chi connectivity index (χ2n) is 14.8. The lowest BCUT2D eigenvalue weighted by Crippen LogP contribution is -2.01. The Kier molecular flexibility index (Phi) is 7.16. The molecular formula is C53H32N4O. The van der Waals surface area contributed by atoms with Crippen LogP contribution in [0.4, 0.5) is 0 Å². The van der Waals surface area contributed by atoms with Gasteiger partial charge in [0.2, 0.25) is 0 Å². The number of benzene rings is 9. The summed E-state index contributed by atoms with van der Waals surface area (Å²) >= 11 is 0. The van der Waals surface area contributed by atoms with Gasteiger partial charge < -0.3 is 8.98 Å². The average molecular weight is 741 g/mol. The third-order valence-electron chi connectivity index (χ3n) is 11.4. The molecule has 58 heavy (non-hydrogen) atoms. The SMILES string of the molecule is c1ccc(-c2ccc(-c3nc(-c4ccc5ccccc5c4)nc(-c4ccc(-n5c6ccccc6c6c7ccccc7ccc65)c5oc6ccccc6c45)n3)cc2)cc1. The Morgan fingerprint density at radius 2 is 0.966 bits per heavy atom. The fraction of sp³-hybridized carbons (Fsp3) is 0. The molecule has 0 aliphatic carbocycles. The molecule has 0 spiro atoms. The predicted octanol–water partition coefficient (Wildman–Crippen LogP) is 13.8. The Morgan fingerprint density at radius 3 is 1.81 bits per heavy atom. The highest BCUT2D eigenvalue weighted by atomic mass is 16.3. The van der Waals surface area contributed by atoms with E-state index in [1.165, 1.54) is 21.5 Å². The number of furan rings is 1. The van der Waals surface area contributed by atoms with Crippen molar-refractivity contribution >= 4 is 65.3 Å². The average Bonchev–Trinajstić information content (AvgIpc) is 3.86. The zero-order valence-electron chi connectivity index (χ0n) is 31.2. The van der Waals surface area contributed by atoms with Gasteiger partial charge in [-0.2, -0.15) is 0 Å². The number of fused-ring (bicyclic) bond motifs is 9. The van der Waals surface area contributed by atoms with Crippen molar-refractivity contribution in [2.24, 2.45) is 0 Å². The van der Waals surface area contributed by atoms with Crippen LogP contribution in [-0.2, 0) is 0 Å². The first-order chi connectivity index (χ1) is 28.7. The van der Waals surface area contributed by atoms with Gasteiger partial charge in [-0.15, -0.1) is 0 Å². The third-order valence-corrected chi connectivity index (χ3v) is 11.4. The molecule has 0 aliphatic rings. The molecule has 3 heterocycles. The van der Waals surface area contributed by atoms with Crippen molar-refractivity contribution < 1.29 is 4.42 Å². The molecule has 0 amide bonds. The third kappa shape index (κ3) is 5.07. The van der Waals surface area contributed by atoms with Crippen LogP contribution in [-0.4, -0.2) is 19.5 Å². The lowest BCUT2D eigenvalue weighted by atomic mass is 10.0. The zero-order valence-corrected chi connectivity index (χ0v) is 31.2. The molecule has 0 N–H and O–H groups in total. The Morgan fingerprint density at radius 1 is 0.362 bits per heavy atom. The Bertz CT molecular complexity index is 3560. The van der Waals surface area contributed by atoms with Gasteiger partial charge in [-0.3, -0.25) is 0 Å². The van der Waals surface area contributed by atoms with Crippen molar-refractivity contribution in [2.45, 2.75) is 0 Å². The quantitative estimate of drug-likeness (QED) is 0.176. The summed E-state index contributed by atoms with van der Waals surface area (Å²) in [6.45, 7) is 0. The highest BCUT2D eigenvalue weighted by Gasteiger charge is 2.23. The van der Waals surface area contributed by atoms with Gasteiger partial charge in [0.15, 0.2) is 23.1 Å². The van der Waals surface area contributed by atoms with Crippen molar-refractivity contribution in [3.05, 3.63) is 194 Å². The van der Waals surface area contributed by atoms with E-state index in [-0.39, 0.29) is 0 Å². The lowest BCUT2D eigenvalue weighted by Gasteiger charge is -2.13. The van der Waals surface area contributed by atoms with Crippen molar-refractivity contribution in [2.75, 3.05) is 0 Å². The highest BCUT2D eigenvalue weighted by molar-refractivity contribution is 6.22. The summed E-state index contributed by atoms with van der Waals surface area (Å²) in [7, 11) is 0. The normalized spacial score (nSPS) is 11.8. The first-order valence-corrected chi connectivity index (χ1v) is 19.5. The molecule has 0 atom stereocenters. The summed E-state index contributed by atoms with van der Waals surface area (Å²) in [6, 6.07) is 67.9. The van der Waals surface area contributed by atoms with E-state index in [0.717, 1.165) is 77.2 Å². The molecule has 0 saturated carbocycles. The molecule has 270 valence electrons. The Balaban J connectivity index is 1.11. The zero-order chi connectivity index (χ0) is 38.2. The van der Waals surface area contributed by atoms with Crippen LogP contribution in [0, 0.1) is 0 Å². The summed E-state index contributed by atoms with van der Waals surface area (Å²) < 4.78 is 9.24. The largest absolute Gasteiger partial charge is 0.454 e. The first kappa shape index (κ1) is 32.4. The smallest absolute Gasteiger partial charge is 0.164 e. The van der Waals surface area contributed by atoms with Crippen molar-refractivity contribution in [3.8, 4) is 51.0 Å². The summed E-state index contributed by atoms with van der Waals surface area (Å²) in [5.41, 5.74) is 9.77. The van der Waals surface area contributed by atoms with E-state index in [0.29, 0.717) is 17.5 Å². The van der Waals surface area contributed by atoms with Gasteiger partial charge in [0, 0.05) is 38.2 Å². The molecule has 9 aromatic carbocycles. The van der Waals surface area contributed by atoms with Crippen LogP contribution in [0.5, 0.6) is 0 Å². The number of nitrogens with zero attached hydrogens (tertiary/aromatic N) is 4. The fourth-order valence-electron chi connectivity index (χ4n) is 8.70. The van der Waals surface area contributed by atoms with Crippen molar-refractivity contribution in [3.63, 3.8) is 0 Å². The van der Waals surface area contributed by atoms with E-state index < -0.39 is 0 Å². The first-order valence-electron chi connectivity index (χ1n) is 19.5. The van der Waals surface area contributed by atoms with Crippen LogP contribution in [0.3, 0.4) is 0 Å². The second kappa shape index (κ2) is 12.8. The molecular weight excluding hydrogens is 709 g/mol. The molecule has 0 aliphatic heterocycles. The van der Waals surface area contributed by atoms with Gasteiger partial charge in [-0.1, -0.05) is 158 Å². The minimum absolute atomic E-state index is 0.580. The molecule has 12 aromatic rings. The Hall–Kier alpha value is -7.89. The summed E-state index contributed by atoms with van der Waals surface area (Å²) in [5.74, 6) is 1.79. The van der Waals surface area contributed by atoms with Gasteiger partial charge in [0.05, 0.1) is 16.7 Å². The van der Waals surface area contributed by atoms with E-state index in [1.54, 1.807) is 0 Å². The van der Waals surface area contributed by atoms with Gasteiger partial charge >= 0.3 is 0 Å². The van der Waals surface area contributed by atoms with Crippen molar-refractivity contribution in [1.82, 2.24) is 19.5 Å². The van der Waals surface area contributed by atoms with Crippen molar-refractivity contribution in [1.29, 1.82) is 0 Å². The Labute approximate surface area is 333 Å². The van der Waals surface area contributed by atoms with E-state index in [2.05, 4.69) is 180 Å². The van der Waals surface area contributed by atoms with Gasteiger partial charge in [0.1, 0.15) is 5.58 Å². The van der Waals surface area contributed by atoms with E-state index in [4.69, 9.17) is 19.4 Å². The maximum Gasteiger partial charge on any atom is 0.164 e. The molecule has 12 rings (SSSR count). The molecule has 0 fully saturated rings. The molecule has 0 unspecified atom stereocenters. The molecule has 3 aromatic heterocycles. The monoisotopic (exact) mass is 740 g/mol. The van der Waals surface area contributed by atoms with Crippen LogP contribution >= 0.6 is 0 Å². The van der Waals surface area contributed by atoms with E-state index in [9.17, 15) is 0 Å². The highest BCUT2D eigenvalue weighted by Crippen LogP contribution is 2.43. The van der Waals surface area contributed by atoms with Crippen LogP contribution in [0.2, 0.25) is 0 Å². The number of rotatable bonds is 5. The minimum atomic E-state index is 0.580. The number of aromatic nitrogens is 4. The van der Waals surface area contributed by atoms with E-state index >= 15 is 0 Å². The molecule has 0 bridgehead atoms. The number of hydrogen-bond acceptors (Lipinski definition) is 4. The van der Waals surface area contributed by atoms with Crippen LogP contribution in [0.25, 0.3) is 116 Å². The minimum Gasteiger partial charge on any atom is -0.454 e. The predicted molar refractivity (Wildman–Crippen MR) is 238 cm³/mol. The summed E-state index contributed by atoms with van der Waals surface area (Å²) in [5, 5.41) is 9.11. The molecule has 0 radical (unpaired) electrons. The summed E-state index contributed by atoms with van der Waals surface area (Å²) in [4.78, 5) is 15.7. The molecule has 5 nitrogen and oxygen atoms in total. The maximum atomic E-state index is 6.90. The molecule has 0 saturated heterocycles. The van der Waals surface area contributed by atoms with Crippen LogP contribution in [0.15, 0.2) is 199 Å². The number of para-hydroxylation sites is 2. The second-order valence-corrected chi connectivity index (χ2v) is 14.8. The van der Waals surface area contributed by atoms with Crippen LogP contribution in [0.1, 0.15) is 0 Å². The van der Waals surface area contributed by atoms with Gasteiger partial charge in [0.25, 0.3) is 0 Å². The lowest BCUT2D eigenvalue weighted by molar-refractivity contribution is 0.666. The fourth-order valence-corrected chi connectivity index (χ4v) is 8.70. The standard InChI is InChI=1S/C53H32N4O/c1-2-12-33(13-3-1)35-22-25-37(26-23-35)51-54-52(39-27-24-34-14-4-5-16-38(34)32-39)56-53(55-51)43-29-31-46(50-49(43)42-19-9-11-21-47(42)58-50)57-44-20-10-8-18-41(44)48-40-17-7-6-15-36(40)28-30-45(48)57/h1-32H.